The number of carbonyl (C=O) groups excluding carboxylic acids is 1. The first-order valence-corrected chi connectivity index (χ1v) is 8.19. The van der Waals surface area contributed by atoms with Crippen molar-refractivity contribution in [2.45, 2.75) is 54.0 Å². The summed E-state index contributed by atoms with van der Waals surface area (Å²) in [6.45, 7) is 11.9. The van der Waals surface area contributed by atoms with E-state index in [0.29, 0.717) is 17.8 Å². The van der Waals surface area contributed by atoms with Crippen LogP contribution < -0.4 is 5.32 Å². The van der Waals surface area contributed by atoms with Gasteiger partial charge in [-0.1, -0.05) is 25.9 Å². The zero-order chi connectivity index (χ0) is 18.1. The first-order valence-electron chi connectivity index (χ1n) is 8.19. The summed E-state index contributed by atoms with van der Waals surface area (Å²) >= 11 is 0. The van der Waals surface area contributed by atoms with E-state index in [0.717, 1.165) is 17.1 Å². The highest BCUT2D eigenvalue weighted by molar-refractivity contribution is 5.96. The second-order valence-electron chi connectivity index (χ2n) is 7.32. The summed E-state index contributed by atoms with van der Waals surface area (Å²) in [7, 11) is 0. The summed E-state index contributed by atoms with van der Waals surface area (Å²) in [6, 6.07) is 3.59. The van der Waals surface area contributed by atoms with Gasteiger partial charge in [0.1, 0.15) is 5.76 Å². The number of aromatic nitrogens is 2. The molecule has 2 N–H and O–H groups in total. The minimum atomic E-state index is -0.136. The Balaban J connectivity index is 2.31. The molecule has 0 bridgehead atoms. The summed E-state index contributed by atoms with van der Waals surface area (Å²) in [6.07, 6.45) is 0.524. The van der Waals surface area contributed by atoms with Crippen molar-refractivity contribution in [3.8, 4) is 5.82 Å². The first-order chi connectivity index (χ1) is 11.1. The Morgan fingerprint density at radius 2 is 2.00 bits per heavy atom. The third kappa shape index (κ3) is 3.70. The summed E-state index contributed by atoms with van der Waals surface area (Å²) in [5.41, 5.74) is 2.21. The molecule has 132 valence electrons. The molecule has 2 heterocycles. The number of hydrogen-bond donors (Lipinski definition) is 2. The van der Waals surface area contributed by atoms with E-state index in [-0.39, 0.29) is 24.0 Å². The second-order valence-corrected chi connectivity index (χ2v) is 7.32. The lowest BCUT2D eigenvalue weighted by Crippen LogP contribution is -2.44. The van der Waals surface area contributed by atoms with E-state index in [2.05, 4.69) is 31.2 Å². The number of nitrogens with one attached hydrogen (secondary N) is 1. The van der Waals surface area contributed by atoms with Crippen LogP contribution in [0.5, 0.6) is 0 Å². The number of hydrogen-bond acceptors (Lipinski definition) is 4. The Hall–Kier alpha value is -2.08. The zero-order valence-corrected chi connectivity index (χ0v) is 15.3. The number of nitrogens with zero attached hydrogens (tertiary/aromatic N) is 2. The van der Waals surface area contributed by atoms with E-state index >= 15 is 0 Å². The summed E-state index contributed by atoms with van der Waals surface area (Å²) in [5, 5.41) is 16.4. The average Bonchev–Trinajstić information content (AvgIpc) is 3.01. The number of rotatable bonds is 5. The smallest absolute Gasteiger partial charge is 0.253 e. The van der Waals surface area contributed by atoms with Crippen LogP contribution >= 0.6 is 0 Å². The third-order valence-electron chi connectivity index (χ3n) is 4.29. The van der Waals surface area contributed by atoms with Crippen LogP contribution in [0, 0.1) is 26.2 Å². The largest absolute Gasteiger partial charge is 0.396 e. The van der Waals surface area contributed by atoms with E-state index in [1.165, 1.54) is 0 Å². The van der Waals surface area contributed by atoms with Gasteiger partial charge in [-0.2, -0.15) is 0 Å². The van der Waals surface area contributed by atoms with Crippen LogP contribution in [0.4, 0.5) is 0 Å². The monoisotopic (exact) mass is 333 g/mol. The van der Waals surface area contributed by atoms with Crippen molar-refractivity contribution in [3.05, 3.63) is 34.8 Å². The molecule has 2 aromatic heterocycles. The Kier molecular flexibility index (Phi) is 5.18. The van der Waals surface area contributed by atoms with E-state index in [1.54, 1.807) is 0 Å². The van der Waals surface area contributed by atoms with Crippen LogP contribution in [-0.2, 0) is 0 Å². The molecule has 0 spiro atoms. The first kappa shape index (κ1) is 18.3. The summed E-state index contributed by atoms with van der Waals surface area (Å²) < 4.78 is 7.05. The molecule has 0 saturated heterocycles. The third-order valence-corrected chi connectivity index (χ3v) is 4.29. The van der Waals surface area contributed by atoms with Crippen molar-refractivity contribution in [2.24, 2.45) is 5.41 Å². The molecular formula is C18H27N3O3. The van der Waals surface area contributed by atoms with E-state index in [4.69, 9.17) is 4.52 Å². The van der Waals surface area contributed by atoms with Crippen LogP contribution in [0.25, 0.3) is 5.82 Å². The molecule has 2 aromatic rings. The van der Waals surface area contributed by atoms with Gasteiger partial charge < -0.3 is 14.9 Å². The van der Waals surface area contributed by atoms with Crippen molar-refractivity contribution in [1.82, 2.24) is 15.0 Å². The zero-order valence-electron chi connectivity index (χ0n) is 15.3. The molecule has 1 amide bonds. The van der Waals surface area contributed by atoms with Gasteiger partial charge in [0.05, 0.1) is 5.56 Å². The molecule has 0 saturated carbocycles. The number of amides is 1. The van der Waals surface area contributed by atoms with Crippen molar-refractivity contribution in [3.63, 3.8) is 0 Å². The van der Waals surface area contributed by atoms with Crippen molar-refractivity contribution in [2.75, 3.05) is 6.61 Å². The second kappa shape index (κ2) is 6.81. The van der Waals surface area contributed by atoms with E-state index in [9.17, 15) is 9.90 Å². The lowest BCUT2D eigenvalue weighted by Gasteiger charge is -2.31. The molecule has 0 radical (unpaired) electrons. The molecule has 0 aromatic carbocycles. The van der Waals surface area contributed by atoms with Crippen LogP contribution in [0.2, 0.25) is 0 Å². The van der Waals surface area contributed by atoms with Gasteiger partial charge in [0, 0.05) is 30.1 Å². The molecule has 0 fully saturated rings. The van der Waals surface area contributed by atoms with Crippen LogP contribution in [-0.4, -0.2) is 33.4 Å². The molecule has 6 nitrogen and oxygen atoms in total. The number of aliphatic hydroxyl groups excluding tert-OH is 1. The van der Waals surface area contributed by atoms with Gasteiger partial charge >= 0.3 is 0 Å². The quantitative estimate of drug-likeness (QED) is 0.881. The fourth-order valence-electron chi connectivity index (χ4n) is 2.89. The molecule has 24 heavy (non-hydrogen) atoms. The molecule has 1 unspecified atom stereocenters. The van der Waals surface area contributed by atoms with Gasteiger partial charge in [0.15, 0.2) is 5.82 Å². The summed E-state index contributed by atoms with van der Waals surface area (Å²) in [5.74, 6) is 1.26. The maximum atomic E-state index is 12.7. The van der Waals surface area contributed by atoms with Crippen molar-refractivity contribution in [1.29, 1.82) is 0 Å². The van der Waals surface area contributed by atoms with E-state index in [1.807, 2.05) is 37.5 Å². The molecular weight excluding hydrogens is 306 g/mol. The lowest BCUT2D eigenvalue weighted by molar-refractivity contribution is 0.0884. The molecule has 6 heteroatoms. The Morgan fingerprint density at radius 1 is 1.33 bits per heavy atom. The predicted octanol–water partition coefficient (Wildman–Crippen LogP) is 2.92. The fraction of sp³-hybridized carbons (Fsp3) is 0.556. The standard InChI is InChI=1S/C18H27N3O3/c1-11-9-14(13(3)21(11)16-10-12(2)24-20-16)17(23)19-15(7-8-22)18(4,5)6/h9-10,15,22H,7-8H2,1-6H3,(H,19,23). The van der Waals surface area contributed by atoms with Gasteiger partial charge in [-0.05, 0) is 38.7 Å². The SMILES string of the molecule is Cc1cc(-n2c(C)cc(C(=O)NC(CCO)C(C)(C)C)c2C)no1. The highest BCUT2D eigenvalue weighted by Gasteiger charge is 2.27. The average molecular weight is 333 g/mol. The van der Waals surface area contributed by atoms with Gasteiger partial charge in [0.25, 0.3) is 5.91 Å². The Morgan fingerprint density at radius 3 is 2.50 bits per heavy atom. The molecule has 0 aliphatic carbocycles. The molecule has 0 aliphatic rings. The fourth-order valence-corrected chi connectivity index (χ4v) is 2.89. The molecule has 0 aliphatic heterocycles. The van der Waals surface area contributed by atoms with Crippen LogP contribution in [0.15, 0.2) is 16.7 Å². The number of aryl methyl sites for hydroxylation is 2. The minimum absolute atomic E-state index is 0.0411. The minimum Gasteiger partial charge on any atom is -0.396 e. The Bertz CT molecular complexity index is 722. The van der Waals surface area contributed by atoms with Crippen molar-refractivity contribution < 1.29 is 14.4 Å². The lowest BCUT2D eigenvalue weighted by atomic mass is 9.84. The van der Waals surface area contributed by atoms with E-state index < -0.39 is 0 Å². The number of aliphatic hydroxyl groups is 1. The van der Waals surface area contributed by atoms with Gasteiger partial charge in [-0.15, -0.1) is 0 Å². The highest BCUT2D eigenvalue weighted by Crippen LogP contribution is 2.24. The van der Waals surface area contributed by atoms with Crippen LogP contribution in [0.3, 0.4) is 0 Å². The normalized spacial score (nSPS) is 13.1. The highest BCUT2D eigenvalue weighted by atomic mass is 16.5. The maximum Gasteiger partial charge on any atom is 0.253 e. The number of carbonyl (C=O) groups is 1. The van der Waals surface area contributed by atoms with Crippen LogP contribution in [0.1, 0.15) is 54.7 Å². The van der Waals surface area contributed by atoms with Crippen molar-refractivity contribution >= 4 is 5.91 Å². The topological polar surface area (TPSA) is 80.3 Å². The molecule has 1 atom stereocenters. The maximum absolute atomic E-state index is 12.7. The van der Waals surface area contributed by atoms with Gasteiger partial charge in [-0.25, -0.2) is 0 Å². The molecule has 2 rings (SSSR count). The van der Waals surface area contributed by atoms with Gasteiger partial charge in [0.2, 0.25) is 0 Å². The predicted molar refractivity (Wildman–Crippen MR) is 92.5 cm³/mol. The Labute approximate surface area is 142 Å². The summed E-state index contributed by atoms with van der Waals surface area (Å²) in [4.78, 5) is 12.7. The van der Waals surface area contributed by atoms with Gasteiger partial charge in [-0.3, -0.25) is 9.36 Å².